The number of methoxy groups -OCH3 is 1. The molecule has 0 aromatic carbocycles. The number of primary amides is 1. The summed E-state index contributed by atoms with van der Waals surface area (Å²) in [5.74, 6) is 1.55. The lowest BCUT2D eigenvalue weighted by Gasteiger charge is -2.25. The van der Waals surface area contributed by atoms with Crippen LogP contribution in [0, 0.1) is 5.92 Å². The Morgan fingerprint density at radius 2 is 2.27 bits per heavy atom. The van der Waals surface area contributed by atoms with Gasteiger partial charge in [0.05, 0.1) is 0 Å². The minimum Gasteiger partial charge on any atom is -0.385 e. The van der Waals surface area contributed by atoms with Crippen LogP contribution < -0.4 is 11.5 Å². The second-order valence-corrected chi connectivity index (χ2v) is 5.18. The Morgan fingerprint density at radius 3 is 2.73 bits per heavy atom. The van der Waals surface area contributed by atoms with Crippen molar-refractivity contribution in [3.8, 4) is 0 Å². The molecular formula is C10H20N2O2S. The maximum atomic E-state index is 11.3. The average Bonchev–Trinajstić information content (AvgIpc) is 3.00. The van der Waals surface area contributed by atoms with Crippen LogP contribution in [0.3, 0.4) is 0 Å². The Bertz CT molecular complexity index is 221. The van der Waals surface area contributed by atoms with E-state index in [1.54, 1.807) is 18.9 Å². The van der Waals surface area contributed by atoms with Crippen molar-refractivity contribution in [1.82, 2.24) is 0 Å². The third-order valence-corrected chi connectivity index (χ3v) is 4.00. The monoisotopic (exact) mass is 232 g/mol. The van der Waals surface area contributed by atoms with Gasteiger partial charge in [-0.15, -0.1) is 0 Å². The fourth-order valence-corrected chi connectivity index (χ4v) is 2.72. The van der Waals surface area contributed by atoms with E-state index in [1.165, 1.54) is 0 Å². The number of carbonyl (C=O) groups excluding carboxylic acids is 1. The molecule has 0 heterocycles. The van der Waals surface area contributed by atoms with Crippen molar-refractivity contribution in [3.05, 3.63) is 0 Å². The van der Waals surface area contributed by atoms with Crippen LogP contribution >= 0.6 is 11.8 Å². The van der Waals surface area contributed by atoms with Gasteiger partial charge in [0.15, 0.2) is 0 Å². The summed E-state index contributed by atoms with van der Waals surface area (Å²) in [4.78, 5) is 11.3. The maximum Gasteiger partial charge on any atom is 0.238 e. The van der Waals surface area contributed by atoms with Gasteiger partial charge in [0.1, 0.15) is 5.54 Å². The van der Waals surface area contributed by atoms with Crippen molar-refractivity contribution >= 4 is 17.7 Å². The van der Waals surface area contributed by atoms with E-state index in [0.717, 1.165) is 31.6 Å². The molecule has 1 aliphatic rings. The Morgan fingerprint density at radius 1 is 1.60 bits per heavy atom. The van der Waals surface area contributed by atoms with Crippen LogP contribution in [0.1, 0.15) is 19.3 Å². The summed E-state index contributed by atoms with van der Waals surface area (Å²) < 4.78 is 4.95. The van der Waals surface area contributed by atoms with Gasteiger partial charge in [-0.05, 0) is 30.9 Å². The second kappa shape index (κ2) is 5.72. The van der Waals surface area contributed by atoms with E-state index >= 15 is 0 Å². The SMILES string of the molecule is COCCCSCC(N)(C(N)=O)C1CC1. The third-order valence-electron chi connectivity index (χ3n) is 2.74. The van der Waals surface area contributed by atoms with Crippen LogP contribution in [0.4, 0.5) is 0 Å². The molecule has 1 unspecified atom stereocenters. The molecule has 0 aliphatic heterocycles. The Kier molecular flexibility index (Phi) is 4.89. The summed E-state index contributed by atoms with van der Waals surface area (Å²) in [6.07, 6.45) is 3.07. The van der Waals surface area contributed by atoms with E-state index in [-0.39, 0.29) is 5.91 Å². The zero-order valence-electron chi connectivity index (χ0n) is 9.20. The van der Waals surface area contributed by atoms with Crippen LogP contribution in [-0.2, 0) is 9.53 Å². The van der Waals surface area contributed by atoms with Gasteiger partial charge in [-0.2, -0.15) is 11.8 Å². The number of hydrogen-bond acceptors (Lipinski definition) is 4. The Labute approximate surface area is 95.1 Å². The van der Waals surface area contributed by atoms with Crippen LogP contribution in [0.5, 0.6) is 0 Å². The van der Waals surface area contributed by atoms with E-state index in [2.05, 4.69) is 0 Å². The first-order valence-corrected chi connectivity index (χ1v) is 6.42. The van der Waals surface area contributed by atoms with E-state index in [9.17, 15) is 4.79 Å². The molecule has 0 spiro atoms. The van der Waals surface area contributed by atoms with Crippen molar-refractivity contribution in [2.24, 2.45) is 17.4 Å². The summed E-state index contributed by atoms with van der Waals surface area (Å²) in [5.41, 5.74) is 10.6. The highest BCUT2D eigenvalue weighted by atomic mass is 32.2. The fraction of sp³-hybridized carbons (Fsp3) is 0.900. The molecule has 0 aromatic heterocycles. The molecule has 1 saturated carbocycles. The molecule has 0 aromatic rings. The normalized spacial score (nSPS) is 19.9. The average molecular weight is 232 g/mol. The second-order valence-electron chi connectivity index (χ2n) is 4.08. The summed E-state index contributed by atoms with van der Waals surface area (Å²) in [6, 6.07) is 0. The summed E-state index contributed by atoms with van der Waals surface area (Å²) >= 11 is 1.69. The van der Waals surface area contributed by atoms with Crippen LogP contribution in [-0.4, -0.2) is 36.7 Å². The van der Waals surface area contributed by atoms with Gasteiger partial charge in [0, 0.05) is 19.5 Å². The van der Waals surface area contributed by atoms with Gasteiger partial charge in [0.2, 0.25) is 5.91 Å². The minimum absolute atomic E-state index is 0.310. The van der Waals surface area contributed by atoms with E-state index in [4.69, 9.17) is 16.2 Å². The lowest BCUT2D eigenvalue weighted by molar-refractivity contribution is -0.123. The molecule has 1 amide bonds. The molecule has 15 heavy (non-hydrogen) atoms. The van der Waals surface area contributed by atoms with Crippen molar-refractivity contribution in [3.63, 3.8) is 0 Å². The number of nitrogens with two attached hydrogens (primary N) is 2. The number of amides is 1. The van der Waals surface area contributed by atoms with Crippen LogP contribution in [0.2, 0.25) is 0 Å². The van der Waals surface area contributed by atoms with Gasteiger partial charge in [-0.1, -0.05) is 0 Å². The molecule has 0 saturated heterocycles. The highest BCUT2D eigenvalue weighted by molar-refractivity contribution is 7.99. The fourth-order valence-electron chi connectivity index (χ4n) is 1.54. The number of hydrogen-bond donors (Lipinski definition) is 2. The van der Waals surface area contributed by atoms with E-state index < -0.39 is 5.54 Å². The summed E-state index contributed by atoms with van der Waals surface area (Å²) in [7, 11) is 1.69. The summed E-state index contributed by atoms with van der Waals surface area (Å²) in [5, 5.41) is 0. The lowest BCUT2D eigenvalue weighted by atomic mass is 9.96. The molecule has 0 bridgehead atoms. The highest BCUT2D eigenvalue weighted by Gasteiger charge is 2.46. The lowest BCUT2D eigenvalue weighted by Crippen LogP contribution is -2.56. The highest BCUT2D eigenvalue weighted by Crippen LogP contribution is 2.39. The first-order valence-electron chi connectivity index (χ1n) is 5.26. The zero-order valence-corrected chi connectivity index (χ0v) is 10.0. The number of thioether (sulfide) groups is 1. The molecule has 1 atom stereocenters. The van der Waals surface area contributed by atoms with Crippen LogP contribution in [0.15, 0.2) is 0 Å². The molecule has 1 aliphatic carbocycles. The summed E-state index contributed by atoms with van der Waals surface area (Å²) in [6.45, 7) is 0.755. The minimum atomic E-state index is -0.780. The first kappa shape index (κ1) is 12.8. The maximum absolute atomic E-state index is 11.3. The Hall–Kier alpha value is -0.260. The first-order chi connectivity index (χ1) is 7.11. The predicted molar refractivity (Wildman–Crippen MR) is 62.7 cm³/mol. The molecule has 1 fully saturated rings. The topological polar surface area (TPSA) is 78.3 Å². The Balaban J connectivity index is 2.23. The zero-order chi connectivity index (χ0) is 11.3. The third kappa shape index (κ3) is 3.66. The van der Waals surface area contributed by atoms with E-state index in [0.29, 0.717) is 11.7 Å². The van der Waals surface area contributed by atoms with Crippen molar-refractivity contribution in [2.45, 2.75) is 24.8 Å². The number of rotatable bonds is 8. The quantitative estimate of drug-likeness (QED) is 0.592. The molecule has 4 nitrogen and oxygen atoms in total. The predicted octanol–water partition coefficient (Wildman–Crippen LogP) is 0.349. The standard InChI is InChI=1S/C10H20N2O2S/c1-14-5-2-6-15-7-10(12,9(11)13)8-3-4-8/h8H,2-7,12H2,1H3,(H2,11,13). The smallest absolute Gasteiger partial charge is 0.238 e. The van der Waals surface area contributed by atoms with Crippen molar-refractivity contribution in [1.29, 1.82) is 0 Å². The van der Waals surface area contributed by atoms with Gasteiger partial charge in [0.25, 0.3) is 0 Å². The largest absolute Gasteiger partial charge is 0.385 e. The molecule has 4 N–H and O–H groups in total. The van der Waals surface area contributed by atoms with Crippen molar-refractivity contribution in [2.75, 3.05) is 25.2 Å². The van der Waals surface area contributed by atoms with Gasteiger partial charge >= 0.3 is 0 Å². The van der Waals surface area contributed by atoms with Crippen LogP contribution in [0.25, 0.3) is 0 Å². The number of carbonyl (C=O) groups is 1. The van der Waals surface area contributed by atoms with Gasteiger partial charge in [-0.25, -0.2) is 0 Å². The van der Waals surface area contributed by atoms with Gasteiger partial charge < -0.3 is 16.2 Å². The molecule has 1 rings (SSSR count). The molecule has 0 radical (unpaired) electrons. The molecular weight excluding hydrogens is 212 g/mol. The van der Waals surface area contributed by atoms with Crippen molar-refractivity contribution < 1.29 is 9.53 Å². The molecule has 88 valence electrons. The van der Waals surface area contributed by atoms with Gasteiger partial charge in [-0.3, -0.25) is 4.79 Å². The molecule has 5 heteroatoms. The number of ether oxygens (including phenoxy) is 1. The van der Waals surface area contributed by atoms with E-state index in [1.807, 2.05) is 0 Å².